The van der Waals surface area contributed by atoms with Gasteiger partial charge >= 0.3 is 0 Å². The number of furan rings is 1. The van der Waals surface area contributed by atoms with Crippen molar-refractivity contribution >= 4 is 0 Å². The lowest BCUT2D eigenvalue weighted by molar-refractivity contribution is 0.155. The molecule has 0 aliphatic carbocycles. The minimum atomic E-state index is -0.778. The lowest BCUT2D eigenvalue weighted by Crippen LogP contribution is -1.92. The Balaban J connectivity index is 2.61. The molecule has 0 fully saturated rings. The highest BCUT2D eigenvalue weighted by Crippen LogP contribution is 2.15. The summed E-state index contributed by atoms with van der Waals surface area (Å²) in [5.41, 5.74) is 0. The summed E-state index contributed by atoms with van der Waals surface area (Å²) in [4.78, 5) is 0. The molecule has 3 nitrogen and oxygen atoms in total. The maximum atomic E-state index is 9.09. The topological polar surface area (TPSA) is 57.2 Å². The first-order valence-corrected chi connectivity index (χ1v) is 2.93. The van der Waals surface area contributed by atoms with Crippen molar-refractivity contribution in [2.75, 3.05) is 0 Å². The quantitative estimate of drug-likeness (QED) is 0.666. The Morgan fingerprint density at radius 3 is 3.10 bits per heavy atom. The molecule has 52 valence electrons. The van der Waals surface area contributed by atoms with Gasteiger partial charge in [0.15, 0.2) is 0 Å². The van der Waals surface area contributed by atoms with Crippen molar-refractivity contribution in [2.24, 2.45) is 0 Å². The van der Waals surface area contributed by atoms with Crippen LogP contribution in [0.4, 0.5) is 0 Å². The van der Waals surface area contributed by atoms with Crippen molar-refractivity contribution in [3.05, 3.63) is 24.2 Å². The normalized spacial score (nSPS) is 12.4. The Bertz CT molecular complexity index is 222. The van der Waals surface area contributed by atoms with E-state index in [1.807, 2.05) is 6.07 Å². The Kier molecular flexibility index (Phi) is 2.08. The summed E-state index contributed by atoms with van der Waals surface area (Å²) in [5, 5.41) is 17.3. The fraction of sp³-hybridized carbons (Fsp3) is 0.286. The summed E-state index contributed by atoms with van der Waals surface area (Å²) in [5.74, 6) is 0.446. The zero-order chi connectivity index (χ0) is 7.40. The predicted molar refractivity (Wildman–Crippen MR) is 33.9 cm³/mol. The Labute approximate surface area is 58.5 Å². The molecule has 1 aromatic heterocycles. The Hall–Kier alpha value is -1.27. The second kappa shape index (κ2) is 3.04. The first kappa shape index (κ1) is 6.84. The lowest BCUT2D eigenvalue weighted by Gasteiger charge is -1.98. The van der Waals surface area contributed by atoms with Crippen LogP contribution in [0, 0.1) is 11.3 Å². The fourth-order valence-electron chi connectivity index (χ4n) is 0.668. The molecule has 3 heteroatoms. The molecule has 0 radical (unpaired) electrons. The van der Waals surface area contributed by atoms with Gasteiger partial charge in [0.25, 0.3) is 0 Å². The van der Waals surface area contributed by atoms with Crippen molar-refractivity contribution in [2.45, 2.75) is 12.5 Å². The zero-order valence-corrected chi connectivity index (χ0v) is 5.32. The van der Waals surface area contributed by atoms with Crippen molar-refractivity contribution in [3.8, 4) is 6.07 Å². The molecule has 0 amide bonds. The molecule has 0 unspecified atom stereocenters. The average molecular weight is 137 g/mol. The molecule has 1 heterocycles. The number of hydrogen-bond acceptors (Lipinski definition) is 3. The molecule has 1 aromatic rings. The second-order valence-electron chi connectivity index (χ2n) is 1.89. The van der Waals surface area contributed by atoms with Gasteiger partial charge in [0.1, 0.15) is 11.9 Å². The molecule has 0 aromatic carbocycles. The SMILES string of the molecule is N#CC[C@H](O)c1ccco1. The third-order valence-corrected chi connectivity index (χ3v) is 1.16. The van der Waals surface area contributed by atoms with E-state index in [9.17, 15) is 0 Å². The Morgan fingerprint density at radius 1 is 1.80 bits per heavy atom. The summed E-state index contributed by atoms with van der Waals surface area (Å²) < 4.78 is 4.85. The number of rotatable bonds is 2. The summed E-state index contributed by atoms with van der Waals surface area (Å²) in [6.07, 6.45) is 0.767. The van der Waals surface area contributed by atoms with Crippen LogP contribution < -0.4 is 0 Å². The molecule has 0 aliphatic rings. The monoisotopic (exact) mass is 137 g/mol. The number of nitriles is 1. The molecule has 0 spiro atoms. The smallest absolute Gasteiger partial charge is 0.133 e. The highest BCUT2D eigenvalue weighted by atomic mass is 16.4. The largest absolute Gasteiger partial charge is 0.467 e. The molecular weight excluding hydrogens is 130 g/mol. The van der Waals surface area contributed by atoms with Crippen molar-refractivity contribution in [1.82, 2.24) is 0 Å². The summed E-state index contributed by atoms with van der Waals surface area (Å²) in [6.45, 7) is 0. The number of nitrogens with zero attached hydrogens (tertiary/aromatic N) is 1. The van der Waals surface area contributed by atoms with Crippen LogP contribution >= 0.6 is 0 Å². The number of aliphatic hydroxyl groups is 1. The van der Waals surface area contributed by atoms with Gasteiger partial charge in [0.05, 0.1) is 18.8 Å². The van der Waals surface area contributed by atoms with E-state index in [1.165, 1.54) is 6.26 Å². The van der Waals surface area contributed by atoms with Crippen molar-refractivity contribution in [3.63, 3.8) is 0 Å². The maximum absolute atomic E-state index is 9.09. The molecule has 0 saturated carbocycles. The summed E-state index contributed by atoms with van der Waals surface area (Å²) in [6, 6.07) is 5.16. The van der Waals surface area contributed by atoms with Crippen LogP contribution in [0.25, 0.3) is 0 Å². The van der Waals surface area contributed by atoms with Gasteiger partial charge in [-0.15, -0.1) is 0 Å². The minimum absolute atomic E-state index is 0.0769. The van der Waals surface area contributed by atoms with E-state index < -0.39 is 6.10 Å². The third kappa shape index (κ3) is 1.36. The van der Waals surface area contributed by atoms with Gasteiger partial charge in [-0.25, -0.2) is 0 Å². The van der Waals surface area contributed by atoms with E-state index in [0.29, 0.717) is 5.76 Å². The molecule has 0 aliphatic heterocycles. The first-order chi connectivity index (χ1) is 4.84. The maximum Gasteiger partial charge on any atom is 0.133 e. The van der Waals surface area contributed by atoms with Gasteiger partial charge in [-0.1, -0.05) is 0 Å². The lowest BCUT2D eigenvalue weighted by atomic mass is 10.2. The van der Waals surface area contributed by atoms with Crippen LogP contribution in [-0.4, -0.2) is 5.11 Å². The van der Waals surface area contributed by atoms with E-state index in [1.54, 1.807) is 12.1 Å². The average Bonchev–Trinajstić information content (AvgIpc) is 2.38. The Morgan fingerprint density at radius 2 is 2.60 bits per heavy atom. The molecule has 1 N–H and O–H groups in total. The van der Waals surface area contributed by atoms with E-state index >= 15 is 0 Å². The van der Waals surface area contributed by atoms with E-state index in [2.05, 4.69) is 0 Å². The van der Waals surface area contributed by atoms with Gasteiger partial charge in [0, 0.05) is 0 Å². The highest BCUT2D eigenvalue weighted by Gasteiger charge is 2.07. The predicted octanol–water partition coefficient (Wildman–Crippen LogP) is 1.23. The third-order valence-electron chi connectivity index (χ3n) is 1.16. The second-order valence-corrected chi connectivity index (χ2v) is 1.89. The minimum Gasteiger partial charge on any atom is -0.467 e. The van der Waals surface area contributed by atoms with Crippen molar-refractivity contribution in [1.29, 1.82) is 5.26 Å². The van der Waals surface area contributed by atoms with Crippen LogP contribution in [0.1, 0.15) is 18.3 Å². The fourth-order valence-corrected chi connectivity index (χ4v) is 0.668. The van der Waals surface area contributed by atoms with Crippen LogP contribution in [-0.2, 0) is 0 Å². The summed E-state index contributed by atoms with van der Waals surface area (Å²) >= 11 is 0. The van der Waals surface area contributed by atoms with Crippen LogP contribution in [0.2, 0.25) is 0 Å². The van der Waals surface area contributed by atoms with Gasteiger partial charge in [-0.3, -0.25) is 0 Å². The molecule has 1 rings (SSSR count). The van der Waals surface area contributed by atoms with E-state index in [-0.39, 0.29) is 6.42 Å². The number of hydrogen-bond donors (Lipinski definition) is 1. The zero-order valence-electron chi connectivity index (χ0n) is 5.32. The van der Waals surface area contributed by atoms with Gasteiger partial charge in [-0.05, 0) is 12.1 Å². The number of aliphatic hydroxyl groups excluding tert-OH is 1. The molecule has 1 atom stereocenters. The van der Waals surface area contributed by atoms with Gasteiger partial charge < -0.3 is 9.52 Å². The van der Waals surface area contributed by atoms with Crippen LogP contribution in [0.5, 0.6) is 0 Å². The van der Waals surface area contributed by atoms with E-state index in [4.69, 9.17) is 14.8 Å². The van der Waals surface area contributed by atoms with Gasteiger partial charge in [-0.2, -0.15) is 5.26 Å². The molecule has 0 saturated heterocycles. The highest BCUT2D eigenvalue weighted by molar-refractivity contribution is 5.03. The van der Waals surface area contributed by atoms with Crippen molar-refractivity contribution < 1.29 is 9.52 Å². The van der Waals surface area contributed by atoms with Crippen LogP contribution in [0.15, 0.2) is 22.8 Å². The van der Waals surface area contributed by atoms with Crippen LogP contribution in [0.3, 0.4) is 0 Å². The first-order valence-electron chi connectivity index (χ1n) is 2.93. The molecule has 10 heavy (non-hydrogen) atoms. The van der Waals surface area contributed by atoms with E-state index in [0.717, 1.165) is 0 Å². The standard InChI is InChI=1S/C7H7NO2/c8-4-3-6(9)7-2-1-5-10-7/h1-2,5-6,9H,3H2/t6-/m0/s1. The molecular formula is C7H7NO2. The molecule has 0 bridgehead atoms. The summed E-state index contributed by atoms with van der Waals surface area (Å²) in [7, 11) is 0. The van der Waals surface area contributed by atoms with Gasteiger partial charge in [0.2, 0.25) is 0 Å².